The van der Waals surface area contributed by atoms with Gasteiger partial charge in [0.2, 0.25) is 0 Å². The number of nitrogens with one attached hydrogen (secondary N) is 1. The molecule has 1 aromatic heterocycles. The molecule has 1 fully saturated rings. The van der Waals surface area contributed by atoms with Gasteiger partial charge in [-0.15, -0.1) is 0 Å². The van der Waals surface area contributed by atoms with Gasteiger partial charge >= 0.3 is 0 Å². The lowest BCUT2D eigenvalue weighted by atomic mass is 10.0. The highest BCUT2D eigenvalue weighted by molar-refractivity contribution is 7.99. The summed E-state index contributed by atoms with van der Waals surface area (Å²) >= 11 is 1.89. The predicted molar refractivity (Wildman–Crippen MR) is 68.1 cm³/mol. The van der Waals surface area contributed by atoms with Crippen molar-refractivity contribution in [1.29, 1.82) is 0 Å². The highest BCUT2D eigenvalue weighted by atomic mass is 32.2. The first kappa shape index (κ1) is 11.7. The maximum Gasteiger partial charge on any atom is 0.254 e. The molecule has 4 heteroatoms. The Kier molecular flexibility index (Phi) is 3.38. The Labute approximate surface area is 100 Å². The van der Waals surface area contributed by atoms with Crippen LogP contribution in [0.4, 0.5) is 0 Å². The Morgan fingerprint density at radius 2 is 2.25 bits per heavy atom. The SMILES string of the molecule is Cc1nc(C2CCCS2)[nH]c(=O)c1C(C)C. The van der Waals surface area contributed by atoms with E-state index in [0.717, 1.165) is 23.5 Å². The fourth-order valence-corrected chi connectivity index (χ4v) is 3.46. The Hall–Kier alpha value is -0.770. The molecular formula is C12H18N2OS. The summed E-state index contributed by atoms with van der Waals surface area (Å²) in [4.78, 5) is 19.5. The van der Waals surface area contributed by atoms with E-state index in [1.807, 2.05) is 32.5 Å². The van der Waals surface area contributed by atoms with Crippen LogP contribution in [0.25, 0.3) is 0 Å². The van der Waals surface area contributed by atoms with Crippen molar-refractivity contribution in [2.45, 2.75) is 44.8 Å². The van der Waals surface area contributed by atoms with Crippen LogP contribution in [0.3, 0.4) is 0 Å². The van der Waals surface area contributed by atoms with Crippen molar-refractivity contribution in [1.82, 2.24) is 9.97 Å². The third-order valence-corrected chi connectivity index (χ3v) is 4.36. The van der Waals surface area contributed by atoms with Crippen LogP contribution in [0.5, 0.6) is 0 Å². The fraction of sp³-hybridized carbons (Fsp3) is 0.667. The Morgan fingerprint density at radius 1 is 1.50 bits per heavy atom. The van der Waals surface area contributed by atoms with Gasteiger partial charge in [-0.1, -0.05) is 13.8 Å². The van der Waals surface area contributed by atoms with Crippen molar-refractivity contribution in [3.63, 3.8) is 0 Å². The fourth-order valence-electron chi connectivity index (χ4n) is 2.24. The lowest BCUT2D eigenvalue weighted by Crippen LogP contribution is -2.20. The first-order valence-corrected chi connectivity index (χ1v) is 6.86. The molecule has 88 valence electrons. The van der Waals surface area contributed by atoms with E-state index < -0.39 is 0 Å². The molecule has 1 atom stereocenters. The van der Waals surface area contributed by atoms with Gasteiger partial charge in [-0.25, -0.2) is 4.98 Å². The molecule has 1 aliphatic heterocycles. The van der Waals surface area contributed by atoms with E-state index in [-0.39, 0.29) is 11.5 Å². The molecule has 0 spiro atoms. The minimum absolute atomic E-state index is 0.0463. The lowest BCUT2D eigenvalue weighted by molar-refractivity contribution is 0.739. The first-order chi connectivity index (χ1) is 7.59. The topological polar surface area (TPSA) is 45.8 Å². The number of nitrogens with zero attached hydrogens (tertiary/aromatic N) is 1. The number of H-pyrrole nitrogens is 1. The maximum absolute atomic E-state index is 12.0. The molecule has 1 unspecified atom stereocenters. The van der Waals surface area contributed by atoms with Crippen LogP contribution < -0.4 is 5.56 Å². The average molecular weight is 238 g/mol. The molecular weight excluding hydrogens is 220 g/mol. The summed E-state index contributed by atoms with van der Waals surface area (Å²) in [6, 6.07) is 0. The van der Waals surface area contributed by atoms with Crippen molar-refractivity contribution in [2.24, 2.45) is 0 Å². The van der Waals surface area contributed by atoms with Gasteiger partial charge in [0.25, 0.3) is 5.56 Å². The zero-order valence-corrected chi connectivity index (χ0v) is 10.9. The van der Waals surface area contributed by atoms with Crippen molar-refractivity contribution < 1.29 is 0 Å². The second-order valence-corrected chi connectivity index (χ2v) is 5.92. The summed E-state index contributed by atoms with van der Waals surface area (Å²) in [5.74, 6) is 2.29. The zero-order chi connectivity index (χ0) is 11.7. The number of rotatable bonds is 2. The van der Waals surface area contributed by atoms with E-state index in [1.165, 1.54) is 12.2 Å². The molecule has 0 aliphatic carbocycles. The van der Waals surface area contributed by atoms with Crippen LogP contribution in [0, 0.1) is 6.92 Å². The maximum atomic E-state index is 12.0. The molecule has 1 aliphatic rings. The van der Waals surface area contributed by atoms with E-state index >= 15 is 0 Å². The smallest absolute Gasteiger partial charge is 0.254 e. The van der Waals surface area contributed by atoms with E-state index in [4.69, 9.17) is 0 Å². The van der Waals surface area contributed by atoms with Gasteiger partial charge in [-0.05, 0) is 31.4 Å². The van der Waals surface area contributed by atoms with Crippen LogP contribution in [0.2, 0.25) is 0 Å². The summed E-state index contributed by atoms with van der Waals surface area (Å²) in [6.45, 7) is 6.00. The largest absolute Gasteiger partial charge is 0.309 e. The normalized spacial score (nSPS) is 20.6. The van der Waals surface area contributed by atoms with Gasteiger partial charge < -0.3 is 4.98 Å². The number of thioether (sulfide) groups is 1. The Balaban J connectivity index is 2.40. The molecule has 2 rings (SSSR count). The first-order valence-electron chi connectivity index (χ1n) is 5.82. The number of aromatic nitrogens is 2. The van der Waals surface area contributed by atoms with Crippen LogP contribution in [0.1, 0.15) is 54.9 Å². The van der Waals surface area contributed by atoms with Crippen molar-refractivity contribution in [2.75, 3.05) is 5.75 Å². The van der Waals surface area contributed by atoms with E-state index in [0.29, 0.717) is 5.25 Å². The third kappa shape index (κ3) is 2.17. The quantitative estimate of drug-likeness (QED) is 0.861. The molecule has 16 heavy (non-hydrogen) atoms. The number of hydrogen-bond acceptors (Lipinski definition) is 3. The van der Waals surface area contributed by atoms with Crippen molar-refractivity contribution >= 4 is 11.8 Å². The van der Waals surface area contributed by atoms with Crippen LogP contribution in [-0.2, 0) is 0 Å². The van der Waals surface area contributed by atoms with E-state index in [9.17, 15) is 4.79 Å². The standard InChI is InChI=1S/C12H18N2OS/c1-7(2)10-8(3)13-11(14-12(10)15)9-5-4-6-16-9/h7,9H,4-6H2,1-3H3,(H,13,14,15). The molecule has 0 bridgehead atoms. The average Bonchev–Trinajstić information content (AvgIpc) is 2.67. The summed E-state index contributed by atoms with van der Waals surface area (Å²) in [5, 5.41) is 0.396. The van der Waals surface area contributed by atoms with Gasteiger partial charge in [0.1, 0.15) is 5.82 Å². The molecule has 2 heterocycles. The van der Waals surface area contributed by atoms with Gasteiger partial charge in [-0.2, -0.15) is 11.8 Å². The molecule has 1 N–H and O–H groups in total. The molecule has 1 aromatic rings. The number of hydrogen-bond donors (Lipinski definition) is 1. The Morgan fingerprint density at radius 3 is 2.75 bits per heavy atom. The molecule has 0 radical (unpaired) electrons. The van der Waals surface area contributed by atoms with Crippen LogP contribution >= 0.6 is 11.8 Å². The Bertz CT molecular complexity index is 433. The van der Waals surface area contributed by atoms with Gasteiger partial charge in [0.05, 0.1) is 5.25 Å². The zero-order valence-electron chi connectivity index (χ0n) is 10.0. The summed E-state index contributed by atoms with van der Waals surface area (Å²) < 4.78 is 0. The van der Waals surface area contributed by atoms with Crippen LogP contribution in [-0.4, -0.2) is 15.7 Å². The summed E-state index contributed by atoms with van der Waals surface area (Å²) in [6.07, 6.45) is 2.36. The molecule has 3 nitrogen and oxygen atoms in total. The lowest BCUT2D eigenvalue weighted by Gasteiger charge is -2.12. The minimum atomic E-state index is 0.0463. The van der Waals surface area contributed by atoms with Gasteiger partial charge in [0, 0.05) is 11.3 Å². The second-order valence-electron chi connectivity index (χ2n) is 4.61. The molecule has 0 saturated carbocycles. The minimum Gasteiger partial charge on any atom is -0.309 e. The van der Waals surface area contributed by atoms with Crippen molar-refractivity contribution in [3.05, 3.63) is 27.4 Å². The third-order valence-electron chi connectivity index (χ3n) is 2.98. The monoisotopic (exact) mass is 238 g/mol. The van der Waals surface area contributed by atoms with Gasteiger partial charge in [0.15, 0.2) is 0 Å². The summed E-state index contributed by atoms with van der Waals surface area (Å²) in [5.41, 5.74) is 1.76. The second kappa shape index (κ2) is 4.62. The van der Waals surface area contributed by atoms with Gasteiger partial charge in [-0.3, -0.25) is 4.79 Å². The van der Waals surface area contributed by atoms with E-state index in [1.54, 1.807) is 0 Å². The van der Waals surface area contributed by atoms with Crippen molar-refractivity contribution in [3.8, 4) is 0 Å². The molecule has 0 amide bonds. The predicted octanol–water partition coefficient (Wildman–Crippen LogP) is 2.77. The van der Waals surface area contributed by atoms with E-state index in [2.05, 4.69) is 9.97 Å². The number of aromatic amines is 1. The highest BCUT2D eigenvalue weighted by Gasteiger charge is 2.21. The highest BCUT2D eigenvalue weighted by Crippen LogP contribution is 2.37. The number of aryl methyl sites for hydroxylation is 1. The molecule has 1 saturated heterocycles. The molecule has 0 aromatic carbocycles. The summed E-state index contributed by atoms with van der Waals surface area (Å²) in [7, 11) is 0. The van der Waals surface area contributed by atoms with Crippen LogP contribution in [0.15, 0.2) is 4.79 Å².